The van der Waals surface area contributed by atoms with Crippen molar-refractivity contribution in [2.24, 2.45) is 5.41 Å². The fourth-order valence-electron chi connectivity index (χ4n) is 5.09. The van der Waals surface area contributed by atoms with Gasteiger partial charge in [-0.2, -0.15) is 0 Å². The molecule has 5 nitrogen and oxygen atoms in total. The summed E-state index contributed by atoms with van der Waals surface area (Å²) < 4.78 is 0. The Hall–Kier alpha value is -3.05. The van der Waals surface area contributed by atoms with Crippen LogP contribution in [0.2, 0.25) is 0 Å². The first-order valence-electron chi connectivity index (χ1n) is 11.4. The number of hydrogen-bond acceptors (Lipinski definition) is 4. The predicted octanol–water partition coefficient (Wildman–Crippen LogP) is 4.32. The number of nitrogens with one attached hydrogen (secondary N) is 1. The van der Waals surface area contributed by atoms with Gasteiger partial charge >= 0.3 is 0 Å². The van der Waals surface area contributed by atoms with Gasteiger partial charge in [0.15, 0.2) is 0 Å². The number of nitrogens with zero attached hydrogens (tertiary/aromatic N) is 3. The number of hydrogen-bond donors (Lipinski definition) is 1. The molecule has 0 aliphatic carbocycles. The van der Waals surface area contributed by atoms with E-state index in [0.717, 1.165) is 43.6 Å². The maximum absolute atomic E-state index is 13.3. The van der Waals surface area contributed by atoms with Gasteiger partial charge in [-0.1, -0.05) is 61.5 Å². The molecule has 2 atom stereocenters. The zero-order chi connectivity index (χ0) is 22.4. The number of carbonyl (C=O) groups excluding carboxylic acids is 1. The second-order valence-electron chi connectivity index (χ2n) is 8.97. The quantitative estimate of drug-likeness (QED) is 0.609. The Morgan fingerprint density at radius 3 is 2.56 bits per heavy atom. The zero-order valence-electron chi connectivity index (χ0n) is 19.0. The first-order valence-corrected chi connectivity index (χ1v) is 11.4. The second kappa shape index (κ2) is 10.0. The van der Waals surface area contributed by atoms with Crippen molar-refractivity contribution in [1.29, 1.82) is 0 Å². The molecule has 0 radical (unpaired) electrons. The molecule has 1 N–H and O–H groups in total. The third-order valence-corrected chi connectivity index (χ3v) is 6.68. The largest absolute Gasteiger partial charge is 0.359 e. The van der Waals surface area contributed by atoms with Crippen molar-refractivity contribution in [3.8, 4) is 11.1 Å². The number of aromatic nitrogens is 2. The number of carbonyl (C=O) groups is 1. The number of benzene rings is 2. The Kier molecular flexibility index (Phi) is 6.96. The minimum Gasteiger partial charge on any atom is -0.359 e. The molecule has 1 aliphatic heterocycles. The molecule has 1 saturated heterocycles. The molecule has 2 aromatic carbocycles. The summed E-state index contributed by atoms with van der Waals surface area (Å²) in [5.74, 6) is 0.555. The monoisotopic (exact) mass is 428 g/mol. The van der Waals surface area contributed by atoms with E-state index in [4.69, 9.17) is 0 Å². The molecule has 0 bridgehead atoms. The standard InChI is InChI=1S/C27H32N4O/c1-21(22-9-4-3-5-10-22)18-31-14-8-13-27(19-31,26(32)28-2)15-23-11-6-7-12-25(23)24-16-29-20-30-17-24/h3-7,9-12,16-17,20-21H,8,13-15,18-19H2,1-2H3,(H,28,32)/t21-,27-/m1/s1. The maximum atomic E-state index is 13.3. The van der Waals surface area contributed by atoms with Crippen LogP contribution in [0.3, 0.4) is 0 Å². The molecule has 3 aromatic rings. The minimum atomic E-state index is -0.449. The van der Waals surface area contributed by atoms with Crippen LogP contribution >= 0.6 is 0 Å². The second-order valence-corrected chi connectivity index (χ2v) is 8.97. The lowest BCUT2D eigenvalue weighted by Gasteiger charge is -2.42. The van der Waals surface area contributed by atoms with E-state index < -0.39 is 5.41 Å². The van der Waals surface area contributed by atoms with Crippen molar-refractivity contribution in [1.82, 2.24) is 20.2 Å². The molecular weight excluding hydrogens is 396 g/mol. The lowest BCUT2D eigenvalue weighted by molar-refractivity contribution is -0.134. The van der Waals surface area contributed by atoms with Crippen LogP contribution in [0.5, 0.6) is 0 Å². The molecule has 0 saturated carbocycles. The maximum Gasteiger partial charge on any atom is 0.227 e. The van der Waals surface area contributed by atoms with Crippen molar-refractivity contribution < 1.29 is 4.79 Å². The van der Waals surface area contributed by atoms with Gasteiger partial charge in [-0.05, 0) is 48.4 Å². The molecule has 2 heterocycles. The van der Waals surface area contributed by atoms with Gasteiger partial charge < -0.3 is 10.2 Å². The fourth-order valence-corrected chi connectivity index (χ4v) is 5.09. The summed E-state index contributed by atoms with van der Waals surface area (Å²) in [5, 5.41) is 2.97. The SMILES string of the molecule is CNC(=O)[C@@]1(Cc2ccccc2-c2cncnc2)CCCN(C[C@@H](C)c2ccccc2)C1. The van der Waals surface area contributed by atoms with Crippen LogP contribution < -0.4 is 5.32 Å². The summed E-state index contributed by atoms with van der Waals surface area (Å²) in [6.07, 6.45) is 7.84. The lowest BCUT2D eigenvalue weighted by Crippen LogP contribution is -2.53. The number of amides is 1. The van der Waals surface area contributed by atoms with E-state index in [9.17, 15) is 4.79 Å². The molecule has 1 aliphatic rings. The summed E-state index contributed by atoms with van der Waals surface area (Å²) in [6, 6.07) is 19.0. The summed E-state index contributed by atoms with van der Waals surface area (Å²) in [4.78, 5) is 24.1. The van der Waals surface area contributed by atoms with Crippen LogP contribution in [0.25, 0.3) is 11.1 Å². The smallest absolute Gasteiger partial charge is 0.227 e. The molecule has 4 rings (SSSR count). The Morgan fingerprint density at radius 2 is 1.81 bits per heavy atom. The van der Waals surface area contributed by atoms with Gasteiger partial charge in [0.2, 0.25) is 5.91 Å². The van der Waals surface area contributed by atoms with Gasteiger partial charge in [-0.3, -0.25) is 4.79 Å². The van der Waals surface area contributed by atoms with Gasteiger partial charge in [-0.25, -0.2) is 9.97 Å². The van der Waals surface area contributed by atoms with Crippen LogP contribution in [-0.2, 0) is 11.2 Å². The van der Waals surface area contributed by atoms with E-state index in [-0.39, 0.29) is 5.91 Å². The summed E-state index contributed by atoms with van der Waals surface area (Å²) in [5.41, 5.74) is 4.16. The molecule has 1 fully saturated rings. The zero-order valence-corrected chi connectivity index (χ0v) is 19.0. The summed E-state index contributed by atoms with van der Waals surface area (Å²) >= 11 is 0. The Balaban J connectivity index is 1.59. The highest BCUT2D eigenvalue weighted by molar-refractivity contribution is 5.83. The van der Waals surface area contributed by atoms with Crippen LogP contribution in [0, 0.1) is 5.41 Å². The van der Waals surface area contributed by atoms with Gasteiger partial charge in [0.05, 0.1) is 5.41 Å². The molecule has 1 aromatic heterocycles. The van der Waals surface area contributed by atoms with Crippen LogP contribution in [0.1, 0.15) is 36.8 Å². The first-order chi connectivity index (χ1) is 15.6. The van der Waals surface area contributed by atoms with E-state index in [0.29, 0.717) is 12.3 Å². The normalized spacial score (nSPS) is 19.9. The highest BCUT2D eigenvalue weighted by Crippen LogP contribution is 2.37. The van der Waals surface area contributed by atoms with E-state index in [1.165, 1.54) is 11.1 Å². The van der Waals surface area contributed by atoms with Crippen molar-refractivity contribution in [2.45, 2.75) is 32.1 Å². The van der Waals surface area contributed by atoms with Gasteiger partial charge in [0.1, 0.15) is 6.33 Å². The number of likely N-dealkylation sites (tertiary alicyclic amines) is 1. The van der Waals surface area contributed by atoms with E-state index in [2.05, 4.69) is 75.6 Å². The molecule has 1 amide bonds. The van der Waals surface area contributed by atoms with Gasteiger partial charge in [-0.15, -0.1) is 0 Å². The first kappa shape index (κ1) is 22.2. The predicted molar refractivity (Wildman–Crippen MR) is 128 cm³/mol. The molecule has 5 heteroatoms. The molecule has 0 spiro atoms. The highest BCUT2D eigenvalue weighted by Gasteiger charge is 2.42. The molecular formula is C27H32N4O. The number of piperidine rings is 1. The topological polar surface area (TPSA) is 58.1 Å². The highest BCUT2D eigenvalue weighted by atomic mass is 16.2. The van der Waals surface area contributed by atoms with Crippen LogP contribution in [0.15, 0.2) is 73.3 Å². The Morgan fingerprint density at radius 1 is 1.09 bits per heavy atom. The van der Waals surface area contributed by atoms with Gasteiger partial charge in [0, 0.05) is 38.1 Å². The van der Waals surface area contributed by atoms with Crippen molar-refractivity contribution in [3.05, 3.63) is 84.4 Å². The van der Waals surface area contributed by atoms with E-state index in [1.807, 2.05) is 18.5 Å². The molecule has 166 valence electrons. The average Bonchev–Trinajstić information content (AvgIpc) is 2.85. The van der Waals surface area contributed by atoms with Crippen molar-refractivity contribution >= 4 is 5.91 Å². The third-order valence-electron chi connectivity index (χ3n) is 6.68. The summed E-state index contributed by atoms with van der Waals surface area (Å²) in [6.45, 7) is 5.03. The lowest BCUT2D eigenvalue weighted by atomic mass is 9.73. The fraction of sp³-hybridized carbons (Fsp3) is 0.370. The third kappa shape index (κ3) is 4.89. The molecule has 0 unspecified atom stereocenters. The van der Waals surface area contributed by atoms with Gasteiger partial charge in [0.25, 0.3) is 0 Å². The molecule has 32 heavy (non-hydrogen) atoms. The van der Waals surface area contributed by atoms with Crippen molar-refractivity contribution in [3.63, 3.8) is 0 Å². The van der Waals surface area contributed by atoms with E-state index >= 15 is 0 Å². The van der Waals surface area contributed by atoms with E-state index in [1.54, 1.807) is 13.4 Å². The van der Waals surface area contributed by atoms with Crippen molar-refractivity contribution in [2.75, 3.05) is 26.7 Å². The summed E-state index contributed by atoms with van der Waals surface area (Å²) in [7, 11) is 1.76. The minimum absolute atomic E-state index is 0.133. The van der Waals surface area contributed by atoms with Crippen LogP contribution in [-0.4, -0.2) is 47.5 Å². The Labute approximate surface area is 190 Å². The Bertz CT molecular complexity index is 1020. The van der Waals surface area contributed by atoms with Crippen LogP contribution in [0.4, 0.5) is 0 Å². The number of rotatable bonds is 7. The average molecular weight is 429 g/mol.